The monoisotopic (exact) mass is 512 g/mol. The molecule has 0 saturated heterocycles. The minimum atomic E-state index is -3.10. The van der Waals surface area contributed by atoms with Crippen molar-refractivity contribution in [2.24, 2.45) is 7.05 Å². The molecule has 9 heteroatoms. The van der Waals surface area contributed by atoms with Crippen LogP contribution in [0.25, 0.3) is 27.7 Å². The maximum Gasteiger partial charge on any atom is 0.253 e. The highest BCUT2D eigenvalue weighted by atomic mass is 16.2. The predicted molar refractivity (Wildman–Crippen MR) is 148 cm³/mol. The molecule has 0 saturated carbocycles. The third-order valence-corrected chi connectivity index (χ3v) is 7.09. The number of rotatable bonds is 5. The van der Waals surface area contributed by atoms with E-state index in [4.69, 9.17) is 14.0 Å². The van der Waals surface area contributed by atoms with Crippen LogP contribution < -0.4 is 5.73 Å². The Bertz CT molecular complexity index is 1790. The van der Waals surface area contributed by atoms with E-state index in [9.17, 15) is 10.1 Å². The molecule has 1 aliphatic rings. The Labute approximate surface area is 230 Å². The van der Waals surface area contributed by atoms with E-state index >= 15 is 0 Å². The van der Waals surface area contributed by atoms with Crippen LogP contribution in [-0.2, 0) is 7.05 Å². The second kappa shape index (κ2) is 10.1. The lowest BCUT2D eigenvalue weighted by Gasteiger charge is -2.32. The molecule has 0 unspecified atom stereocenters. The first-order valence-corrected chi connectivity index (χ1v) is 12.1. The molecule has 0 fully saturated rings. The number of hydrogen-bond acceptors (Lipinski definition) is 7. The van der Waals surface area contributed by atoms with Crippen molar-refractivity contribution in [1.82, 2.24) is 29.3 Å². The minimum Gasteiger partial charge on any atom is -0.368 e. The third kappa shape index (κ3) is 4.51. The van der Waals surface area contributed by atoms with Gasteiger partial charge in [-0.25, -0.2) is 15.0 Å². The topological polar surface area (TPSA) is 117 Å². The van der Waals surface area contributed by atoms with E-state index in [0.29, 0.717) is 12.1 Å². The lowest BCUT2D eigenvalue weighted by atomic mass is 9.97. The molecule has 192 valence electrons. The number of anilines is 1. The number of hydrogen-bond donors (Lipinski definition) is 1. The Morgan fingerprint density at radius 1 is 1.21 bits per heavy atom. The summed E-state index contributed by atoms with van der Waals surface area (Å²) in [5.41, 5.74) is 11.0. The van der Waals surface area contributed by atoms with E-state index < -0.39 is 19.9 Å². The van der Waals surface area contributed by atoms with Gasteiger partial charge in [0.1, 0.15) is 11.7 Å². The van der Waals surface area contributed by atoms with E-state index in [1.807, 2.05) is 17.7 Å². The largest absolute Gasteiger partial charge is 0.368 e. The van der Waals surface area contributed by atoms with E-state index in [0.717, 1.165) is 46.4 Å². The van der Waals surface area contributed by atoms with Gasteiger partial charge in [0.05, 0.1) is 0 Å². The highest BCUT2D eigenvalue weighted by molar-refractivity contribution is 5.95. The second-order valence-electron chi connectivity index (χ2n) is 9.19. The van der Waals surface area contributed by atoms with Crippen molar-refractivity contribution < 1.29 is 13.0 Å². The van der Waals surface area contributed by atoms with E-state index in [1.54, 1.807) is 24.5 Å². The Balaban J connectivity index is 1.36. The molecule has 1 amide bonds. The van der Waals surface area contributed by atoms with Crippen LogP contribution in [0.15, 0.2) is 54.9 Å². The molecule has 0 radical (unpaired) electrons. The minimum absolute atomic E-state index is 0.0103. The zero-order valence-corrected chi connectivity index (χ0v) is 21.0. The third-order valence-electron chi connectivity index (χ3n) is 7.09. The number of pyridine rings is 1. The lowest BCUT2D eigenvalue weighted by Crippen LogP contribution is -2.32. The SMILES string of the molecule is [2H]C([2H])([2H])N(C(=O)c1ccc(C2=CCN([C@@H](C)c3cc4c(-c5cnc(N)nc5C#N)ccnc4n3C)CC2)cc1)C([2H])([2H])[2H]. The van der Waals surface area contributed by atoms with Gasteiger partial charge in [-0.2, -0.15) is 5.26 Å². The molecular weight excluding hydrogens is 476 g/mol. The van der Waals surface area contributed by atoms with Crippen LogP contribution in [0.1, 0.15) is 54.9 Å². The number of fused-ring (bicyclic) bond motifs is 1. The number of nitriles is 1. The molecule has 9 nitrogen and oxygen atoms in total. The van der Waals surface area contributed by atoms with Crippen molar-refractivity contribution in [1.29, 1.82) is 5.26 Å². The van der Waals surface area contributed by atoms with Gasteiger partial charge >= 0.3 is 0 Å². The summed E-state index contributed by atoms with van der Waals surface area (Å²) in [6.07, 6.45) is 6.10. The van der Waals surface area contributed by atoms with Gasteiger partial charge in [-0.3, -0.25) is 9.69 Å². The summed E-state index contributed by atoms with van der Waals surface area (Å²) in [6.45, 7) is -2.65. The Morgan fingerprint density at radius 2 is 2.00 bits per heavy atom. The van der Waals surface area contributed by atoms with Crippen molar-refractivity contribution in [3.05, 3.63) is 77.4 Å². The van der Waals surface area contributed by atoms with Crippen LogP contribution in [0.4, 0.5) is 5.95 Å². The van der Waals surface area contributed by atoms with E-state index in [1.165, 1.54) is 12.1 Å². The fraction of sp³-hybridized carbons (Fsp3) is 0.276. The van der Waals surface area contributed by atoms with Crippen molar-refractivity contribution in [2.45, 2.75) is 19.4 Å². The van der Waals surface area contributed by atoms with Gasteiger partial charge in [-0.15, -0.1) is 0 Å². The number of amides is 1. The van der Waals surface area contributed by atoms with Crippen LogP contribution in [-0.4, -0.2) is 62.3 Å². The molecule has 1 atom stereocenters. The van der Waals surface area contributed by atoms with Gasteiger partial charge in [-0.05, 0) is 54.3 Å². The van der Waals surface area contributed by atoms with Crippen molar-refractivity contribution in [3.8, 4) is 17.2 Å². The molecule has 1 aliphatic heterocycles. The number of nitrogens with two attached hydrogens (primary N) is 1. The molecule has 2 N–H and O–H groups in total. The molecule has 1 aromatic carbocycles. The molecule has 5 rings (SSSR count). The highest BCUT2D eigenvalue weighted by Gasteiger charge is 2.24. The van der Waals surface area contributed by atoms with Gasteiger partial charge in [0.2, 0.25) is 5.95 Å². The summed E-state index contributed by atoms with van der Waals surface area (Å²) < 4.78 is 47.0. The molecule has 0 aliphatic carbocycles. The van der Waals surface area contributed by atoms with Gasteiger partial charge in [-0.1, -0.05) is 18.2 Å². The number of aryl methyl sites for hydroxylation is 1. The van der Waals surface area contributed by atoms with Crippen LogP contribution in [0.5, 0.6) is 0 Å². The number of carbonyl (C=O) groups is 1. The maximum absolute atomic E-state index is 12.8. The normalized spacial score (nSPS) is 17.7. The predicted octanol–water partition coefficient (Wildman–Crippen LogP) is 4.04. The molecule has 0 bridgehead atoms. The summed E-state index contributed by atoms with van der Waals surface area (Å²) >= 11 is 0. The summed E-state index contributed by atoms with van der Waals surface area (Å²) in [7, 11) is 1.96. The zero-order valence-electron chi connectivity index (χ0n) is 27.0. The first kappa shape index (κ1) is 18.7. The van der Waals surface area contributed by atoms with Gasteiger partial charge in [0.15, 0.2) is 5.69 Å². The fourth-order valence-electron chi connectivity index (χ4n) is 4.99. The summed E-state index contributed by atoms with van der Waals surface area (Å²) in [5.74, 6) is -1.04. The van der Waals surface area contributed by atoms with Crippen molar-refractivity contribution in [2.75, 3.05) is 32.8 Å². The van der Waals surface area contributed by atoms with Crippen LogP contribution in [0.3, 0.4) is 0 Å². The molecule has 38 heavy (non-hydrogen) atoms. The van der Waals surface area contributed by atoms with Crippen LogP contribution in [0.2, 0.25) is 0 Å². The highest BCUT2D eigenvalue weighted by Crippen LogP contribution is 2.35. The zero-order chi connectivity index (χ0) is 32.0. The quantitative estimate of drug-likeness (QED) is 0.429. The summed E-state index contributed by atoms with van der Waals surface area (Å²) in [4.78, 5) is 27.8. The number of carbonyl (C=O) groups excluding carboxylic acids is 1. The molecule has 3 aromatic heterocycles. The van der Waals surface area contributed by atoms with Crippen LogP contribution in [0, 0.1) is 11.3 Å². The van der Waals surface area contributed by atoms with Gasteiger partial charge in [0, 0.05) is 83.0 Å². The summed E-state index contributed by atoms with van der Waals surface area (Å²) in [6, 6.07) is 12.4. The van der Waals surface area contributed by atoms with Crippen molar-refractivity contribution in [3.63, 3.8) is 0 Å². The Morgan fingerprint density at radius 3 is 2.68 bits per heavy atom. The van der Waals surface area contributed by atoms with Crippen molar-refractivity contribution >= 4 is 28.5 Å². The Hall–Kier alpha value is -4.55. The van der Waals surface area contributed by atoms with Gasteiger partial charge in [0.25, 0.3) is 5.91 Å². The second-order valence-corrected chi connectivity index (χ2v) is 9.19. The maximum atomic E-state index is 12.8. The Kier molecular flexibility index (Phi) is 4.95. The smallest absolute Gasteiger partial charge is 0.253 e. The standard InChI is InChI=1S/C29H30N8O/c1-18(37-13-10-20(11-14-37)19-5-7-21(8-6-19)28(38)35(2)3)26-15-23-22(9-12-32-27(23)36(26)4)24-17-33-29(31)34-25(24)16-30/h5-10,12,15,17-18H,11,13-14H2,1-4H3,(H2,31,33,34)/t18-/m0/s1/i2D3,3D3. The van der Waals surface area contributed by atoms with Crippen LogP contribution >= 0.6 is 0 Å². The number of nitrogens with zero attached hydrogens (tertiary/aromatic N) is 7. The average Bonchev–Trinajstić information content (AvgIpc) is 3.32. The first-order chi connectivity index (χ1) is 20.7. The van der Waals surface area contributed by atoms with E-state index in [2.05, 4.69) is 45.0 Å². The van der Waals surface area contributed by atoms with E-state index in [-0.39, 0.29) is 28.1 Å². The number of aromatic nitrogens is 4. The number of nitrogen functional groups attached to an aromatic ring is 1. The first-order valence-electron chi connectivity index (χ1n) is 15.1. The average molecular weight is 513 g/mol. The number of benzene rings is 1. The fourth-order valence-corrected chi connectivity index (χ4v) is 4.99. The lowest BCUT2D eigenvalue weighted by molar-refractivity contribution is 0.0827. The molecular formula is C29H30N8O. The molecule has 4 aromatic rings. The summed E-state index contributed by atoms with van der Waals surface area (Å²) in [5, 5.41) is 10.5. The molecule has 0 spiro atoms. The molecule has 4 heterocycles. The van der Waals surface area contributed by atoms with Gasteiger partial charge < -0.3 is 15.2 Å².